The summed E-state index contributed by atoms with van der Waals surface area (Å²) in [6, 6.07) is 18.3. The van der Waals surface area contributed by atoms with Crippen LogP contribution in [0.5, 0.6) is 11.6 Å². The summed E-state index contributed by atoms with van der Waals surface area (Å²) in [7, 11) is 1.91. The zero-order chi connectivity index (χ0) is 17.8. The summed E-state index contributed by atoms with van der Waals surface area (Å²) in [6.45, 7) is 4.16. The van der Waals surface area contributed by atoms with Crippen LogP contribution in [0.25, 0.3) is 11.3 Å². The number of benzene rings is 2. The van der Waals surface area contributed by atoms with Crippen molar-refractivity contribution in [3.8, 4) is 22.9 Å². The van der Waals surface area contributed by atoms with Gasteiger partial charge in [0.05, 0.1) is 5.69 Å². The lowest BCUT2D eigenvalue weighted by Gasteiger charge is -2.13. The molecule has 0 radical (unpaired) electrons. The molecule has 0 aliphatic heterocycles. The van der Waals surface area contributed by atoms with Gasteiger partial charge in [0.25, 0.3) is 0 Å². The molecule has 0 aliphatic carbocycles. The zero-order valence-corrected chi connectivity index (χ0v) is 15.1. The van der Waals surface area contributed by atoms with Gasteiger partial charge in [-0.15, -0.1) is 0 Å². The predicted octanol–water partition coefficient (Wildman–Crippen LogP) is 4.47. The van der Waals surface area contributed by atoms with Gasteiger partial charge in [0.2, 0.25) is 5.88 Å². The number of hydrogen-bond acceptors (Lipinski definition) is 3. The van der Waals surface area contributed by atoms with E-state index in [0.717, 1.165) is 41.3 Å². The molecule has 0 aliphatic rings. The second-order valence-corrected chi connectivity index (χ2v) is 6.41. The van der Waals surface area contributed by atoms with Gasteiger partial charge in [-0.2, -0.15) is 5.10 Å². The highest BCUT2D eigenvalue weighted by Crippen LogP contribution is 2.34. The van der Waals surface area contributed by atoms with Gasteiger partial charge < -0.3 is 10.5 Å². The summed E-state index contributed by atoms with van der Waals surface area (Å²) >= 11 is 0. The molecule has 0 spiro atoms. The van der Waals surface area contributed by atoms with Crippen molar-refractivity contribution in [3.63, 3.8) is 0 Å². The third-order valence-corrected chi connectivity index (χ3v) is 4.36. The van der Waals surface area contributed by atoms with Gasteiger partial charge in [0, 0.05) is 24.2 Å². The Morgan fingerprint density at radius 2 is 1.76 bits per heavy atom. The molecule has 130 valence electrons. The Hall–Kier alpha value is -2.59. The van der Waals surface area contributed by atoms with Gasteiger partial charge >= 0.3 is 0 Å². The van der Waals surface area contributed by atoms with Crippen molar-refractivity contribution in [1.29, 1.82) is 0 Å². The topological polar surface area (TPSA) is 53.1 Å². The van der Waals surface area contributed by atoms with Crippen LogP contribution in [-0.2, 0) is 13.5 Å². The zero-order valence-electron chi connectivity index (χ0n) is 15.1. The minimum Gasteiger partial charge on any atom is -0.439 e. The number of nitrogens with zero attached hydrogens (tertiary/aromatic N) is 2. The standard InChI is InChI=1S/C21H25N3O/c1-4-17(22)14-19-20(16-8-6-5-7-9-16)23-24(3)21(19)25-18-12-10-15(2)11-13-18/h5-13,17H,4,14,22H2,1-3H3. The SMILES string of the molecule is CCC(N)Cc1c(-c2ccccc2)nn(C)c1Oc1ccc(C)cc1. The van der Waals surface area contributed by atoms with Crippen LogP contribution in [0.3, 0.4) is 0 Å². The fourth-order valence-corrected chi connectivity index (χ4v) is 2.82. The Labute approximate surface area is 149 Å². The molecule has 1 unspecified atom stereocenters. The van der Waals surface area contributed by atoms with Gasteiger partial charge in [0.1, 0.15) is 5.75 Å². The highest BCUT2D eigenvalue weighted by atomic mass is 16.5. The fraction of sp³-hybridized carbons (Fsp3) is 0.286. The molecule has 3 aromatic rings. The van der Waals surface area contributed by atoms with E-state index in [9.17, 15) is 0 Å². The Bertz CT molecular complexity index is 822. The summed E-state index contributed by atoms with van der Waals surface area (Å²) in [5.41, 5.74) is 10.5. The molecule has 4 heteroatoms. The highest BCUT2D eigenvalue weighted by Gasteiger charge is 2.21. The molecule has 25 heavy (non-hydrogen) atoms. The minimum absolute atomic E-state index is 0.0760. The summed E-state index contributed by atoms with van der Waals surface area (Å²) in [5.74, 6) is 1.56. The van der Waals surface area contributed by atoms with Crippen LogP contribution < -0.4 is 10.5 Å². The third kappa shape index (κ3) is 3.91. The predicted molar refractivity (Wildman–Crippen MR) is 102 cm³/mol. The first-order chi connectivity index (χ1) is 12.1. The van der Waals surface area contributed by atoms with Crippen molar-refractivity contribution >= 4 is 0 Å². The van der Waals surface area contributed by atoms with Crippen molar-refractivity contribution in [3.05, 3.63) is 65.7 Å². The Morgan fingerprint density at radius 1 is 1.08 bits per heavy atom. The van der Waals surface area contributed by atoms with E-state index >= 15 is 0 Å². The largest absolute Gasteiger partial charge is 0.439 e. The van der Waals surface area contributed by atoms with Crippen LogP contribution in [0, 0.1) is 6.92 Å². The molecule has 1 atom stereocenters. The first kappa shape index (κ1) is 17.2. The number of aryl methyl sites for hydroxylation is 2. The second kappa shape index (κ2) is 7.53. The fourth-order valence-electron chi connectivity index (χ4n) is 2.82. The van der Waals surface area contributed by atoms with Crippen molar-refractivity contribution in [1.82, 2.24) is 9.78 Å². The van der Waals surface area contributed by atoms with E-state index < -0.39 is 0 Å². The molecule has 2 N–H and O–H groups in total. The van der Waals surface area contributed by atoms with Crippen molar-refractivity contribution in [2.75, 3.05) is 0 Å². The van der Waals surface area contributed by atoms with E-state index in [2.05, 4.69) is 26.0 Å². The van der Waals surface area contributed by atoms with E-state index in [1.807, 2.05) is 49.5 Å². The molecule has 0 fully saturated rings. The Kier molecular flexibility index (Phi) is 5.19. The average molecular weight is 335 g/mol. The molecule has 0 saturated carbocycles. The summed E-state index contributed by atoms with van der Waals surface area (Å²) in [4.78, 5) is 0. The first-order valence-corrected chi connectivity index (χ1v) is 8.70. The molecular formula is C21H25N3O. The molecule has 1 aromatic heterocycles. The number of rotatable bonds is 6. The maximum absolute atomic E-state index is 6.25. The number of ether oxygens (including phenoxy) is 1. The molecule has 1 heterocycles. The van der Waals surface area contributed by atoms with Crippen molar-refractivity contribution in [2.24, 2.45) is 12.8 Å². The van der Waals surface area contributed by atoms with E-state index in [-0.39, 0.29) is 6.04 Å². The summed E-state index contributed by atoms with van der Waals surface area (Å²) in [5, 5.41) is 4.72. The van der Waals surface area contributed by atoms with Crippen LogP contribution in [0.15, 0.2) is 54.6 Å². The summed E-state index contributed by atoms with van der Waals surface area (Å²) < 4.78 is 7.99. The van der Waals surface area contributed by atoms with Crippen molar-refractivity contribution < 1.29 is 4.74 Å². The molecule has 2 aromatic carbocycles. The molecule has 4 nitrogen and oxygen atoms in total. The third-order valence-electron chi connectivity index (χ3n) is 4.36. The van der Waals surface area contributed by atoms with E-state index in [1.165, 1.54) is 5.56 Å². The van der Waals surface area contributed by atoms with Crippen LogP contribution in [-0.4, -0.2) is 15.8 Å². The number of hydrogen-bond donors (Lipinski definition) is 1. The lowest BCUT2D eigenvalue weighted by Crippen LogP contribution is -2.21. The monoisotopic (exact) mass is 335 g/mol. The second-order valence-electron chi connectivity index (χ2n) is 6.41. The normalized spacial score (nSPS) is 12.2. The lowest BCUT2D eigenvalue weighted by atomic mass is 10.0. The molecule has 0 bridgehead atoms. The maximum Gasteiger partial charge on any atom is 0.221 e. The van der Waals surface area contributed by atoms with Gasteiger partial charge in [-0.25, -0.2) is 4.68 Å². The Morgan fingerprint density at radius 3 is 2.40 bits per heavy atom. The molecule has 3 rings (SSSR count). The van der Waals surface area contributed by atoms with Gasteiger partial charge in [-0.3, -0.25) is 0 Å². The summed E-state index contributed by atoms with van der Waals surface area (Å²) in [6.07, 6.45) is 1.64. The van der Waals surface area contributed by atoms with Crippen LogP contribution in [0.4, 0.5) is 0 Å². The molecular weight excluding hydrogens is 310 g/mol. The van der Waals surface area contributed by atoms with E-state index in [4.69, 9.17) is 15.6 Å². The Balaban J connectivity index is 2.04. The van der Waals surface area contributed by atoms with E-state index in [1.54, 1.807) is 4.68 Å². The smallest absolute Gasteiger partial charge is 0.221 e. The average Bonchev–Trinajstić information content (AvgIpc) is 2.93. The molecule has 0 amide bonds. The van der Waals surface area contributed by atoms with Crippen LogP contribution in [0.1, 0.15) is 24.5 Å². The first-order valence-electron chi connectivity index (χ1n) is 8.70. The lowest BCUT2D eigenvalue weighted by molar-refractivity contribution is 0.423. The van der Waals surface area contributed by atoms with Gasteiger partial charge in [-0.1, -0.05) is 55.0 Å². The molecule has 0 saturated heterocycles. The highest BCUT2D eigenvalue weighted by molar-refractivity contribution is 5.65. The maximum atomic E-state index is 6.25. The van der Waals surface area contributed by atoms with E-state index in [0.29, 0.717) is 0 Å². The number of nitrogens with two attached hydrogens (primary N) is 1. The van der Waals surface area contributed by atoms with Gasteiger partial charge in [0.15, 0.2) is 0 Å². The van der Waals surface area contributed by atoms with Gasteiger partial charge in [-0.05, 0) is 31.9 Å². The minimum atomic E-state index is 0.0760. The van der Waals surface area contributed by atoms with Crippen LogP contribution in [0.2, 0.25) is 0 Å². The number of aromatic nitrogens is 2. The van der Waals surface area contributed by atoms with Crippen LogP contribution >= 0.6 is 0 Å². The van der Waals surface area contributed by atoms with Crippen molar-refractivity contribution in [2.45, 2.75) is 32.7 Å². The quantitative estimate of drug-likeness (QED) is 0.723.